The Labute approximate surface area is 159 Å². The molecule has 1 aliphatic rings. The lowest BCUT2D eigenvalue weighted by molar-refractivity contribution is -0.119. The van der Waals surface area contributed by atoms with E-state index in [4.69, 9.17) is 0 Å². The molecule has 1 atom stereocenters. The number of aromatic nitrogens is 1. The molecule has 0 bridgehead atoms. The van der Waals surface area contributed by atoms with E-state index in [9.17, 15) is 14.0 Å². The van der Waals surface area contributed by atoms with E-state index in [1.54, 1.807) is 12.3 Å². The number of anilines is 1. The third-order valence-corrected chi connectivity index (χ3v) is 5.43. The van der Waals surface area contributed by atoms with Crippen molar-refractivity contribution in [2.24, 2.45) is 0 Å². The summed E-state index contributed by atoms with van der Waals surface area (Å²) in [7, 11) is 0. The van der Waals surface area contributed by atoms with Gasteiger partial charge < -0.3 is 10.2 Å². The molecular formula is C20H16FN3O2S. The minimum atomic E-state index is -0.633. The van der Waals surface area contributed by atoms with Crippen LogP contribution in [0.3, 0.4) is 0 Å². The second-order valence-electron chi connectivity index (χ2n) is 6.17. The van der Waals surface area contributed by atoms with Gasteiger partial charge in [0.1, 0.15) is 17.6 Å². The summed E-state index contributed by atoms with van der Waals surface area (Å²) >= 11 is 1.50. The van der Waals surface area contributed by atoms with Crippen LogP contribution < -0.4 is 5.32 Å². The van der Waals surface area contributed by atoms with Crippen molar-refractivity contribution in [1.82, 2.24) is 9.88 Å². The van der Waals surface area contributed by atoms with Gasteiger partial charge in [-0.05, 0) is 29.7 Å². The summed E-state index contributed by atoms with van der Waals surface area (Å²) in [6, 6.07) is 14.4. The van der Waals surface area contributed by atoms with Gasteiger partial charge in [-0.25, -0.2) is 4.39 Å². The van der Waals surface area contributed by atoms with Gasteiger partial charge in [0.25, 0.3) is 5.91 Å². The van der Waals surface area contributed by atoms with Crippen LogP contribution in [0, 0.1) is 5.82 Å². The van der Waals surface area contributed by atoms with E-state index >= 15 is 0 Å². The van der Waals surface area contributed by atoms with Gasteiger partial charge in [0.05, 0.1) is 5.88 Å². The zero-order valence-corrected chi connectivity index (χ0v) is 15.1. The second-order valence-corrected chi connectivity index (χ2v) is 7.17. The van der Waals surface area contributed by atoms with E-state index < -0.39 is 11.9 Å². The molecule has 3 aromatic rings. The molecule has 0 radical (unpaired) electrons. The third-order valence-electron chi connectivity index (χ3n) is 4.41. The standard InChI is InChI=1S/C20H16FN3O2S/c21-14-5-3-6-15(10-14)23-19(25)17-11-27-12-24(17)20(26)18-16-7-2-1-4-13(16)8-9-22-18/h1-10,17H,11-12H2,(H,23,25). The van der Waals surface area contributed by atoms with Crippen LogP contribution in [0.4, 0.5) is 10.1 Å². The highest BCUT2D eigenvalue weighted by Gasteiger charge is 2.36. The zero-order valence-electron chi connectivity index (χ0n) is 14.3. The number of fused-ring (bicyclic) bond motifs is 1. The smallest absolute Gasteiger partial charge is 0.274 e. The molecule has 2 heterocycles. The Kier molecular flexibility index (Phi) is 4.77. The van der Waals surface area contributed by atoms with E-state index in [0.717, 1.165) is 10.8 Å². The lowest BCUT2D eigenvalue weighted by atomic mass is 10.1. The molecule has 1 aliphatic heterocycles. The van der Waals surface area contributed by atoms with E-state index in [1.165, 1.54) is 34.9 Å². The van der Waals surface area contributed by atoms with Crippen LogP contribution in [-0.2, 0) is 4.79 Å². The first kappa shape index (κ1) is 17.5. The minimum Gasteiger partial charge on any atom is -0.324 e. The molecule has 0 spiro atoms. The molecule has 7 heteroatoms. The Hall–Kier alpha value is -2.93. The van der Waals surface area contributed by atoms with Crippen molar-refractivity contribution in [3.05, 3.63) is 72.3 Å². The van der Waals surface area contributed by atoms with E-state index in [1.807, 2.05) is 30.3 Å². The SMILES string of the molecule is O=C(Nc1cccc(F)c1)C1CSCN1C(=O)c1nccc2ccccc12. The number of thioether (sulfide) groups is 1. The molecule has 0 saturated carbocycles. The average Bonchev–Trinajstić information content (AvgIpc) is 3.17. The fraction of sp³-hybridized carbons (Fsp3) is 0.150. The van der Waals surface area contributed by atoms with E-state index in [0.29, 0.717) is 23.0 Å². The maximum atomic E-state index is 13.3. The molecule has 5 nitrogen and oxygen atoms in total. The predicted molar refractivity (Wildman–Crippen MR) is 104 cm³/mol. The molecular weight excluding hydrogens is 365 g/mol. The van der Waals surface area contributed by atoms with E-state index in [-0.39, 0.29) is 11.8 Å². The highest BCUT2D eigenvalue weighted by atomic mass is 32.2. The Morgan fingerprint density at radius 3 is 2.85 bits per heavy atom. The Bertz CT molecular complexity index is 1020. The monoisotopic (exact) mass is 381 g/mol. The van der Waals surface area contributed by atoms with Crippen LogP contribution in [0.1, 0.15) is 10.5 Å². The molecule has 1 N–H and O–H groups in total. The van der Waals surface area contributed by atoms with Gasteiger partial charge in [-0.1, -0.05) is 30.3 Å². The molecule has 136 valence electrons. The molecule has 0 aliphatic carbocycles. The molecule has 2 amide bonds. The van der Waals surface area contributed by atoms with Crippen molar-refractivity contribution >= 4 is 40.0 Å². The van der Waals surface area contributed by atoms with Gasteiger partial charge in [0.15, 0.2) is 0 Å². The Balaban J connectivity index is 1.59. The number of carbonyl (C=O) groups excluding carboxylic acids is 2. The Morgan fingerprint density at radius 2 is 2.00 bits per heavy atom. The average molecular weight is 381 g/mol. The van der Waals surface area contributed by atoms with Gasteiger partial charge >= 0.3 is 0 Å². The van der Waals surface area contributed by atoms with Crippen LogP contribution in [-0.4, -0.2) is 39.4 Å². The third kappa shape index (κ3) is 3.50. The molecule has 27 heavy (non-hydrogen) atoms. The van der Waals surface area contributed by atoms with Gasteiger partial charge in [0.2, 0.25) is 5.91 Å². The van der Waals surface area contributed by atoms with E-state index in [2.05, 4.69) is 10.3 Å². The van der Waals surface area contributed by atoms with Crippen molar-refractivity contribution in [2.45, 2.75) is 6.04 Å². The van der Waals surface area contributed by atoms with Gasteiger partial charge in [-0.2, -0.15) is 0 Å². The molecule has 1 unspecified atom stereocenters. The fourth-order valence-corrected chi connectivity index (χ4v) is 4.23. The van der Waals surface area contributed by atoms with Crippen LogP contribution in [0.5, 0.6) is 0 Å². The quantitative estimate of drug-likeness (QED) is 0.754. The number of carbonyl (C=O) groups is 2. The summed E-state index contributed by atoms with van der Waals surface area (Å²) in [6.45, 7) is 0. The van der Waals surface area contributed by atoms with Crippen molar-refractivity contribution < 1.29 is 14.0 Å². The van der Waals surface area contributed by atoms with Crippen LogP contribution >= 0.6 is 11.8 Å². The predicted octanol–water partition coefficient (Wildman–Crippen LogP) is 3.53. The number of rotatable bonds is 3. The number of amides is 2. The van der Waals surface area contributed by atoms with Crippen LogP contribution in [0.25, 0.3) is 10.8 Å². The molecule has 4 rings (SSSR count). The Morgan fingerprint density at radius 1 is 1.15 bits per heavy atom. The topological polar surface area (TPSA) is 62.3 Å². The van der Waals surface area contributed by atoms with Crippen molar-refractivity contribution in [3.8, 4) is 0 Å². The number of nitrogens with one attached hydrogen (secondary N) is 1. The van der Waals surface area contributed by atoms with Crippen molar-refractivity contribution in [1.29, 1.82) is 0 Å². The zero-order chi connectivity index (χ0) is 18.8. The summed E-state index contributed by atoms with van der Waals surface area (Å²) in [5, 5.41) is 4.37. The van der Waals surface area contributed by atoms with Crippen molar-refractivity contribution in [3.63, 3.8) is 0 Å². The van der Waals surface area contributed by atoms with Gasteiger partial charge in [-0.15, -0.1) is 11.8 Å². The molecule has 1 fully saturated rings. The van der Waals surface area contributed by atoms with Crippen LogP contribution in [0.2, 0.25) is 0 Å². The molecule has 2 aromatic carbocycles. The number of halogens is 1. The maximum absolute atomic E-state index is 13.3. The van der Waals surface area contributed by atoms with Crippen LogP contribution in [0.15, 0.2) is 60.8 Å². The number of hydrogen-bond acceptors (Lipinski definition) is 4. The lowest BCUT2D eigenvalue weighted by Crippen LogP contribution is -2.44. The summed E-state index contributed by atoms with van der Waals surface area (Å²) < 4.78 is 13.3. The molecule has 1 saturated heterocycles. The van der Waals surface area contributed by atoms with Gasteiger partial charge in [-0.3, -0.25) is 14.6 Å². The normalized spacial score (nSPS) is 16.5. The number of hydrogen-bond donors (Lipinski definition) is 1. The first-order valence-electron chi connectivity index (χ1n) is 8.42. The summed E-state index contributed by atoms with van der Waals surface area (Å²) in [5.74, 6) is -0.153. The number of nitrogens with zero attached hydrogens (tertiary/aromatic N) is 2. The minimum absolute atomic E-state index is 0.281. The van der Waals surface area contributed by atoms with Gasteiger partial charge in [0, 0.05) is 23.0 Å². The largest absolute Gasteiger partial charge is 0.324 e. The highest BCUT2D eigenvalue weighted by molar-refractivity contribution is 7.99. The van der Waals surface area contributed by atoms with Crippen molar-refractivity contribution in [2.75, 3.05) is 16.9 Å². The first-order chi connectivity index (χ1) is 13.1. The highest BCUT2D eigenvalue weighted by Crippen LogP contribution is 2.26. The lowest BCUT2D eigenvalue weighted by Gasteiger charge is -2.23. The maximum Gasteiger partial charge on any atom is 0.274 e. The number of pyridine rings is 1. The summed E-state index contributed by atoms with van der Waals surface area (Å²) in [5.41, 5.74) is 0.701. The first-order valence-corrected chi connectivity index (χ1v) is 9.58. The number of benzene rings is 2. The fourth-order valence-electron chi connectivity index (χ4n) is 3.08. The summed E-state index contributed by atoms with van der Waals surface area (Å²) in [4.78, 5) is 31.5. The summed E-state index contributed by atoms with van der Waals surface area (Å²) in [6.07, 6.45) is 1.60. The molecule has 1 aromatic heterocycles. The second kappa shape index (κ2) is 7.36.